The number of rotatable bonds is 5. The van der Waals surface area contributed by atoms with Crippen LogP contribution in [0, 0.1) is 5.82 Å². The molecule has 0 unspecified atom stereocenters. The Morgan fingerprint density at radius 1 is 0.923 bits per heavy atom. The second kappa shape index (κ2) is 8.47. The van der Waals surface area contributed by atoms with Gasteiger partial charge in [0, 0.05) is 44.0 Å². The van der Waals surface area contributed by atoms with Crippen molar-refractivity contribution < 1.29 is 14.0 Å². The van der Waals surface area contributed by atoms with Gasteiger partial charge in [-0.05, 0) is 18.2 Å². The van der Waals surface area contributed by atoms with Crippen LogP contribution in [0.3, 0.4) is 0 Å². The Morgan fingerprint density at radius 3 is 2.27 bits per heavy atom. The number of para-hydroxylation sites is 1. The van der Waals surface area contributed by atoms with E-state index in [2.05, 4.69) is 10.2 Å². The zero-order chi connectivity index (χ0) is 18.4. The molecule has 0 atom stereocenters. The van der Waals surface area contributed by atoms with Gasteiger partial charge in [0.25, 0.3) is 0 Å². The maximum absolute atomic E-state index is 13.5. The molecule has 0 saturated carbocycles. The van der Waals surface area contributed by atoms with Crippen LogP contribution in [0.2, 0.25) is 0 Å². The maximum atomic E-state index is 13.5. The number of anilines is 1. The number of halogens is 1. The first kappa shape index (κ1) is 17.9. The van der Waals surface area contributed by atoms with Crippen molar-refractivity contribution in [2.24, 2.45) is 0 Å². The van der Waals surface area contributed by atoms with E-state index in [1.54, 1.807) is 23.1 Å². The van der Waals surface area contributed by atoms with Gasteiger partial charge >= 0.3 is 0 Å². The highest BCUT2D eigenvalue weighted by molar-refractivity contribution is 5.96. The number of nitrogens with one attached hydrogen (secondary N) is 1. The standard InChI is InChI=1S/C20H22FN3O2/c21-18-9-5-4-6-16(18)15-22-19(25)14-20(26)24-12-10-23(11-13-24)17-7-2-1-3-8-17/h1-9H,10-15H2,(H,22,25). The molecule has 5 nitrogen and oxygen atoms in total. The van der Waals surface area contributed by atoms with Crippen molar-refractivity contribution in [1.82, 2.24) is 10.2 Å². The highest BCUT2D eigenvalue weighted by atomic mass is 19.1. The molecular weight excluding hydrogens is 333 g/mol. The summed E-state index contributed by atoms with van der Waals surface area (Å²) in [5.74, 6) is -0.941. The molecule has 2 aromatic carbocycles. The van der Waals surface area contributed by atoms with Crippen LogP contribution in [0.15, 0.2) is 54.6 Å². The predicted molar refractivity (Wildman–Crippen MR) is 98.1 cm³/mol. The maximum Gasteiger partial charge on any atom is 0.232 e. The van der Waals surface area contributed by atoms with E-state index < -0.39 is 0 Å². The molecule has 1 fully saturated rings. The lowest BCUT2D eigenvalue weighted by atomic mass is 10.2. The van der Waals surface area contributed by atoms with Crippen LogP contribution in [0.1, 0.15) is 12.0 Å². The first-order chi connectivity index (χ1) is 12.6. The highest BCUT2D eigenvalue weighted by Gasteiger charge is 2.22. The van der Waals surface area contributed by atoms with Crippen molar-refractivity contribution >= 4 is 17.5 Å². The summed E-state index contributed by atoms with van der Waals surface area (Å²) in [6.45, 7) is 2.75. The van der Waals surface area contributed by atoms with E-state index in [1.165, 1.54) is 6.07 Å². The minimum atomic E-state index is -0.385. The molecule has 0 radical (unpaired) electrons. The molecule has 1 heterocycles. The minimum Gasteiger partial charge on any atom is -0.368 e. The van der Waals surface area contributed by atoms with Gasteiger partial charge in [0.15, 0.2) is 0 Å². The van der Waals surface area contributed by atoms with Crippen molar-refractivity contribution in [3.63, 3.8) is 0 Å². The fraction of sp³-hybridized carbons (Fsp3) is 0.300. The predicted octanol–water partition coefficient (Wildman–Crippen LogP) is 2.18. The molecule has 2 aromatic rings. The first-order valence-electron chi connectivity index (χ1n) is 8.71. The van der Waals surface area contributed by atoms with E-state index in [0.29, 0.717) is 18.7 Å². The van der Waals surface area contributed by atoms with Gasteiger partial charge in [0.2, 0.25) is 11.8 Å². The summed E-state index contributed by atoms with van der Waals surface area (Å²) in [6, 6.07) is 16.3. The van der Waals surface area contributed by atoms with Crippen LogP contribution >= 0.6 is 0 Å². The average molecular weight is 355 g/mol. The lowest BCUT2D eigenvalue weighted by molar-refractivity contribution is -0.136. The second-order valence-electron chi connectivity index (χ2n) is 6.25. The average Bonchev–Trinajstić information content (AvgIpc) is 2.68. The molecule has 6 heteroatoms. The Hall–Kier alpha value is -2.89. The molecule has 136 valence electrons. The summed E-state index contributed by atoms with van der Waals surface area (Å²) in [7, 11) is 0. The van der Waals surface area contributed by atoms with Crippen LogP contribution in [0.5, 0.6) is 0 Å². The number of carbonyl (C=O) groups is 2. The number of piperazine rings is 1. The Morgan fingerprint density at radius 2 is 1.58 bits per heavy atom. The molecule has 1 aliphatic heterocycles. The number of amides is 2. The van der Waals surface area contributed by atoms with Crippen molar-refractivity contribution in [3.05, 3.63) is 66.0 Å². The number of nitrogens with zero attached hydrogens (tertiary/aromatic N) is 2. The van der Waals surface area contributed by atoms with Gasteiger partial charge in [-0.3, -0.25) is 9.59 Å². The molecule has 0 aliphatic carbocycles. The monoisotopic (exact) mass is 355 g/mol. The Kier molecular flexibility index (Phi) is 5.84. The van der Waals surface area contributed by atoms with Crippen LogP contribution in [-0.4, -0.2) is 42.9 Å². The molecule has 1 saturated heterocycles. The van der Waals surface area contributed by atoms with Gasteiger partial charge in [-0.25, -0.2) is 4.39 Å². The summed E-state index contributed by atoms with van der Waals surface area (Å²) in [5, 5.41) is 2.61. The number of hydrogen-bond acceptors (Lipinski definition) is 3. The summed E-state index contributed by atoms with van der Waals surface area (Å²) >= 11 is 0. The Balaban J connectivity index is 1.44. The third-order valence-electron chi connectivity index (χ3n) is 4.50. The van der Waals surface area contributed by atoms with Crippen molar-refractivity contribution in [2.75, 3.05) is 31.1 Å². The number of benzene rings is 2. The lowest BCUT2D eigenvalue weighted by Gasteiger charge is -2.36. The molecule has 2 amide bonds. The van der Waals surface area contributed by atoms with Crippen LogP contribution in [0.25, 0.3) is 0 Å². The summed E-state index contributed by atoms with van der Waals surface area (Å²) in [6.07, 6.45) is -0.209. The van der Waals surface area contributed by atoms with E-state index in [0.717, 1.165) is 18.8 Å². The van der Waals surface area contributed by atoms with Gasteiger partial charge in [-0.15, -0.1) is 0 Å². The second-order valence-corrected chi connectivity index (χ2v) is 6.25. The van der Waals surface area contributed by atoms with E-state index in [4.69, 9.17) is 0 Å². The molecule has 1 N–H and O–H groups in total. The highest BCUT2D eigenvalue weighted by Crippen LogP contribution is 2.15. The summed E-state index contributed by atoms with van der Waals surface area (Å²) < 4.78 is 13.5. The van der Waals surface area contributed by atoms with Crippen molar-refractivity contribution in [3.8, 4) is 0 Å². The van der Waals surface area contributed by atoms with Gasteiger partial charge in [-0.2, -0.15) is 0 Å². The molecule has 3 rings (SSSR count). The fourth-order valence-electron chi connectivity index (χ4n) is 3.00. The fourth-order valence-corrected chi connectivity index (χ4v) is 3.00. The van der Waals surface area contributed by atoms with Gasteiger partial charge in [0.1, 0.15) is 12.2 Å². The Labute approximate surface area is 152 Å². The molecule has 26 heavy (non-hydrogen) atoms. The number of hydrogen-bond donors (Lipinski definition) is 1. The molecule has 1 aliphatic rings. The Bertz CT molecular complexity index is 759. The van der Waals surface area contributed by atoms with Gasteiger partial charge in [0.05, 0.1) is 0 Å². The number of carbonyl (C=O) groups excluding carboxylic acids is 2. The minimum absolute atomic E-state index is 0.0839. The molecule has 0 spiro atoms. The zero-order valence-corrected chi connectivity index (χ0v) is 14.5. The molecule has 0 bridgehead atoms. The van der Waals surface area contributed by atoms with E-state index in [9.17, 15) is 14.0 Å². The van der Waals surface area contributed by atoms with Gasteiger partial charge < -0.3 is 15.1 Å². The lowest BCUT2D eigenvalue weighted by Crippen LogP contribution is -2.49. The third kappa shape index (κ3) is 4.59. The van der Waals surface area contributed by atoms with E-state index in [-0.39, 0.29) is 30.6 Å². The molecule has 0 aromatic heterocycles. The third-order valence-corrected chi connectivity index (χ3v) is 4.50. The van der Waals surface area contributed by atoms with Crippen molar-refractivity contribution in [2.45, 2.75) is 13.0 Å². The normalized spacial score (nSPS) is 14.2. The smallest absolute Gasteiger partial charge is 0.232 e. The van der Waals surface area contributed by atoms with E-state index in [1.807, 2.05) is 30.3 Å². The van der Waals surface area contributed by atoms with Crippen LogP contribution < -0.4 is 10.2 Å². The molecular formula is C20H22FN3O2. The summed E-state index contributed by atoms with van der Waals surface area (Å²) in [4.78, 5) is 28.2. The van der Waals surface area contributed by atoms with Gasteiger partial charge in [-0.1, -0.05) is 36.4 Å². The SMILES string of the molecule is O=C(CC(=O)N1CCN(c2ccccc2)CC1)NCc1ccccc1F. The van der Waals surface area contributed by atoms with Crippen LogP contribution in [0.4, 0.5) is 10.1 Å². The zero-order valence-electron chi connectivity index (χ0n) is 14.5. The quantitative estimate of drug-likeness (QED) is 0.837. The van der Waals surface area contributed by atoms with Crippen molar-refractivity contribution in [1.29, 1.82) is 0 Å². The summed E-state index contributed by atoms with van der Waals surface area (Å²) in [5.41, 5.74) is 1.55. The topological polar surface area (TPSA) is 52.7 Å². The van der Waals surface area contributed by atoms with E-state index >= 15 is 0 Å². The van der Waals surface area contributed by atoms with Crippen LogP contribution in [-0.2, 0) is 16.1 Å². The largest absolute Gasteiger partial charge is 0.368 e. The first-order valence-corrected chi connectivity index (χ1v) is 8.71.